The predicted molar refractivity (Wildman–Crippen MR) is 86.6 cm³/mol. The number of nitrogens with zero attached hydrogens (tertiary/aromatic N) is 3. The molecule has 3 rings (SSSR count). The second-order valence-electron chi connectivity index (χ2n) is 6.56. The molecular formula is C18H23N3O. The van der Waals surface area contributed by atoms with Gasteiger partial charge < -0.3 is 4.90 Å². The highest BCUT2D eigenvalue weighted by atomic mass is 16.2. The van der Waals surface area contributed by atoms with E-state index in [0.717, 1.165) is 30.8 Å². The number of amides is 1. The number of carbonyl (C=O) groups excluding carboxylic acids is 1. The highest BCUT2D eigenvalue weighted by molar-refractivity contribution is 5.94. The van der Waals surface area contributed by atoms with Crippen LogP contribution in [0.4, 0.5) is 0 Å². The third-order valence-corrected chi connectivity index (χ3v) is 4.26. The fourth-order valence-electron chi connectivity index (χ4n) is 3.35. The standard InChI is InChI=1S/C18H23N3O/c1-14-10-15(2)12-20(11-14)18(22)17-6-4-16(5-7-17)13-21-9-3-8-19-21/h3-9,14-15H,10-13H2,1-2H3. The van der Waals surface area contributed by atoms with Gasteiger partial charge in [0, 0.05) is 31.0 Å². The van der Waals surface area contributed by atoms with Gasteiger partial charge in [0.05, 0.1) is 6.54 Å². The summed E-state index contributed by atoms with van der Waals surface area (Å²) in [7, 11) is 0. The summed E-state index contributed by atoms with van der Waals surface area (Å²) in [6, 6.07) is 9.82. The molecule has 1 amide bonds. The van der Waals surface area contributed by atoms with Crippen LogP contribution in [0.2, 0.25) is 0 Å². The quantitative estimate of drug-likeness (QED) is 0.873. The molecule has 2 atom stereocenters. The van der Waals surface area contributed by atoms with Crippen molar-refractivity contribution in [1.82, 2.24) is 14.7 Å². The van der Waals surface area contributed by atoms with Crippen LogP contribution in [0.25, 0.3) is 0 Å². The Bertz CT molecular complexity index is 608. The molecule has 0 aliphatic carbocycles. The highest BCUT2D eigenvalue weighted by Gasteiger charge is 2.25. The van der Waals surface area contributed by atoms with Gasteiger partial charge in [-0.25, -0.2) is 0 Å². The van der Waals surface area contributed by atoms with Crippen LogP contribution in [0.3, 0.4) is 0 Å². The molecule has 116 valence electrons. The number of piperidine rings is 1. The van der Waals surface area contributed by atoms with E-state index < -0.39 is 0 Å². The Morgan fingerprint density at radius 2 is 1.86 bits per heavy atom. The minimum Gasteiger partial charge on any atom is -0.338 e. The zero-order valence-electron chi connectivity index (χ0n) is 13.3. The molecule has 4 nitrogen and oxygen atoms in total. The number of hydrogen-bond acceptors (Lipinski definition) is 2. The topological polar surface area (TPSA) is 38.1 Å². The molecule has 4 heteroatoms. The molecule has 1 saturated heterocycles. The maximum atomic E-state index is 12.6. The lowest BCUT2D eigenvalue weighted by Gasteiger charge is -2.35. The van der Waals surface area contributed by atoms with Crippen molar-refractivity contribution in [3.63, 3.8) is 0 Å². The van der Waals surface area contributed by atoms with Crippen LogP contribution in [0.15, 0.2) is 42.7 Å². The van der Waals surface area contributed by atoms with E-state index in [4.69, 9.17) is 0 Å². The first-order chi connectivity index (χ1) is 10.6. The van der Waals surface area contributed by atoms with Crippen LogP contribution >= 0.6 is 0 Å². The minimum atomic E-state index is 0.157. The first-order valence-corrected chi connectivity index (χ1v) is 7.97. The SMILES string of the molecule is CC1CC(C)CN(C(=O)c2ccc(Cn3cccn3)cc2)C1. The predicted octanol–water partition coefficient (Wildman–Crippen LogP) is 3.05. The number of benzene rings is 1. The number of aromatic nitrogens is 2. The van der Waals surface area contributed by atoms with Crippen LogP contribution < -0.4 is 0 Å². The summed E-state index contributed by atoms with van der Waals surface area (Å²) in [5.74, 6) is 1.34. The normalized spacial score (nSPS) is 21.8. The second kappa shape index (κ2) is 6.34. The van der Waals surface area contributed by atoms with Crippen molar-refractivity contribution >= 4 is 5.91 Å². The van der Waals surface area contributed by atoms with E-state index in [1.54, 1.807) is 6.20 Å². The van der Waals surface area contributed by atoms with Gasteiger partial charge in [0.25, 0.3) is 5.91 Å². The summed E-state index contributed by atoms with van der Waals surface area (Å²) in [5, 5.41) is 4.20. The minimum absolute atomic E-state index is 0.157. The average Bonchev–Trinajstić information content (AvgIpc) is 2.99. The molecule has 22 heavy (non-hydrogen) atoms. The smallest absolute Gasteiger partial charge is 0.253 e. The molecule has 1 aromatic heterocycles. The summed E-state index contributed by atoms with van der Waals surface area (Å²) in [5.41, 5.74) is 1.94. The Labute approximate surface area is 131 Å². The fourth-order valence-corrected chi connectivity index (χ4v) is 3.35. The molecule has 1 aliphatic heterocycles. The lowest BCUT2D eigenvalue weighted by molar-refractivity contribution is 0.0623. The zero-order chi connectivity index (χ0) is 15.5. The van der Waals surface area contributed by atoms with E-state index in [0.29, 0.717) is 11.8 Å². The Balaban J connectivity index is 1.68. The van der Waals surface area contributed by atoms with Gasteiger partial charge in [-0.15, -0.1) is 0 Å². The maximum absolute atomic E-state index is 12.6. The van der Waals surface area contributed by atoms with Crippen molar-refractivity contribution in [2.45, 2.75) is 26.8 Å². The molecule has 2 aromatic rings. The summed E-state index contributed by atoms with van der Waals surface area (Å²) in [6.07, 6.45) is 4.93. The van der Waals surface area contributed by atoms with Gasteiger partial charge in [-0.3, -0.25) is 9.48 Å². The highest BCUT2D eigenvalue weighted by Crippen LogP contribution is 2.22. The average molecular weight is 297 g/mol. The largest absolute Gasteiger partial charge is 0.338 e. The molecule has 0 radical (unpaired) electrons. The van der Waals surface area contributed by atoms with Gasteiger partial charge in [0.15, 0.2) is 0 Å². The monoisotopic (exact) mass is 297 g/mol. The Morgan fingerprint density at radius 3 is 2.45 bits per heavy atom. The van der Waals surface area contributed by atoms with Crippen molar-refractivity contribution in [2.24, 2.45) is 11.8 Å². The number of hydrogen-bond donors (Lipinski definition) is 0. The number of carbonyl (C=O) groups is 1. The van der Waals surface area contributed by atoms with Crippen molar-refractivity contribution in [3.8, 4) is 0 Å². The number of rotatable bonds is 3. The van der Waals surface area contributed by atoms with Crippen molar-refractivity contribution in [1.29, 1.82) is 0 Å². The van der Waals surface area contributed by atoms with Crippen molar-refractivity contribution < 1.29 is 4.79 Å². The van der Waals surface area contributed by atoms with Crippen LogP contribution in [0.1, 0.15) is 36.2 Å². The third-order valence-electron chi connectivity index (χ3n) is 4.26. The summed E-state index contributed by atoms with van der Waals surface area (Å²) in [4.78, 5) is 14.6. The Hall–Kier alpha value is -2.10. The first-order valence-electron chi connectivity index (χ1n) is 7.97. The van der Waals surface area contributed by atoms with Gasteiger partial charge in [0.2, 0.25) is 0 Å². The van der Waals surface area contributed by atoms with Gasteiger partial charge in [-0.2, -0.15) is 5.10 Å². The zero-order valence-corrected chi connectivity index (χ0v) is 13.3. The maximum Gasteiger partial charge on any atom is 0.253 e. The lowest BCUT2D eigenvalue weighted by atomic mass is 9.91. The lowest BCUT2D eigenvalue weighted by Crippen LogP contribution is -2.42. The van der Waals surface area contributed by atoms with Crippen molar-refractivity contribution in [3.05, 3.63) is 53.9 Å². The molecule has 1 aliphatic rings. The van der Waals surface area contributed by atoms with Gasteiger partial charge in [-0.05, 0) is 42.0 Å². The van der Waals surface area contributed by atoms with E-state index >= 15 is 0 Å². The van der Waals surface area contributed by atoms with E-state index in [9.17, 15) is 4.79 Å². The van der Waals surface area contributed by atoms with Crippen LogP contribution in [-0.4, -0.2) is 33.7 Å². The van der Waals surface area contributed by atoms with E-state index in [2.05, 4.69) is 18.9 Å². The van der Waals surface area contributed by atoms with Gasteiger partial charge in [-0.1, -0.05) is 26.0 Å². The Morgan fingerprint density at radius 1 is 1.18 bits per heavy atom. The summed E-state index contributed by atoms with van der Waals surface area (Å²) >= 11 is 0. The second-order valence-corrected chi connectivity index (χ2v) is 6.56. The van der Waals surface area contributed by atoms with Crippen LogP contribution in [0.5, 0.6) is 0 Å². The molecule has 1 fully saturated rings. The summed E-state index contributed by atoms with van der Waals surface area (Å²) in [6.45, 7) is 6.93. The van der Waals surface area contributed by atoms with Crippen LogP contribution in [-0.2, 0) is 6.54 Å². The summed E-state index contributed by atoms with van der Waals surface area (Å²) < 4.78 is 1.88. The molecule has 0 bridgehead atoms. The van der Waals surface area contributed by atoms with Crippen molar-refractivity contribution in [2.75, 3.05) is 13.1 Å². The molecule has 0 spiro atoms. The fraction of sp³-hybridized carbons (Fsp3) is 0.444. The number of likely N-dealkylation sites (tertiary alicyclic amines) is 1. The molecule has 0 N–H and O–H groups in total. The van der Waals surface area contributed by atoms with Gasteiger partial charge >= 0.3 is 0 Å². The van der Waals surface area contributed by atoms with Gasteiger partial charge in [0.1, 0.15) is 0 Å². The molecule has 0 saturated carbocycles. The molecular weight excluding hydrogens is 274 g/mol. The molecule has 1 aromatic carbocycles. The third kappa shape index (κ3) is 3.38. The van der Waals surface area contributed by atoms with Crippen LogP contribution in [0, 0.1) is 11.8 Å². The molecule has 2 unspecified atom stereocenters. The first kappa shape index (κ1) is 14.8. The van der Waals surface area contributed by atoms with E-state index in [1.807, 2.05) is 46.1 Å². The Kier molecular flexibility index (Phi) is 4.27. The van der Waals surface area contributed by atoms with E-state index in [1.165, 1.54) is 6.42 Å². The van der Waals surface area contributed by atoms with E-state index in [-0.39, 0.29) is 5.91 Å². The molecule has 2 heterocycles.